The van der Waals surface area contributed by atoms with Crippen molar-refractivity contribution >= 4 is 21.4 Å². The fourth-order valence-electron chi connectivity index (χ4n) is 3.83. The molecule has 2 atom stereocenters. The van der Waals surface area contributed by atoms with Crippen LogP contribution in [-0.2, 0) is 21.2 Å². The first kappa shape index (κ1) is 20.5. The van der Waals surface area contributed by atoms with Gasteiger partial charge in [-0.3, -0.25) is 4.79 Å². The second-order valence-electron chi connectivity index (χ2n) is 7.95. The SMILES string of the molecule is CN(C)c1ccc(CN(C(=O)[C@@H]2COc3ccccc3O2)[C@@H]2CCS(=O)(=O)C2)cc1. The molecular weight excluding hydrogens is 404 g/mol. The number of nitrogens with zero attached hydrogens (tertiary/aromatic N) is 2. The first-order chi connectivity index (χ1) is 14.3. The molecule has 0 bridgehead atoms. The summed E-state index contributed by atoms with van der Waals surface area (Å²) in [6.45, 7) is 0.430. The molecule has 2 aromatic rings. The highest BCUT2D eigenvalue weighted by Gasteiger charge is 2.39. The first-order valence-electron chi connectivity index (χ1n) is 9.98. The normalized spacial score (nSPS) is 21.8. The van der Waals surface area contributed by atoms with Crippen molar-refractivity contribution in [2.45, 2.75) is 25.1 Å². The Morgan fingerprint density at radius 2 is 1.77 bits per heavy atom. The molecule has 0 unspecified atom stereocenters. The summed E-state index contributed by atoms with van der Waals surface area (Å²) >= 11 is 0. The number of benzene rings is 2. The van der Waals surface area contributed by atoms with E-state index in [9.17, 15) is 13.2 Å². The second-order valence-corrected chi connectivity index (χ2v) is 10.2. The Morgan fingerprint density at radius 3 is 2.40 bits per heavy atom. The van der Waals surface area contributed by atoms with Gasteiger partial charge in [-0.05, 0) is 36.2 Å². The largest absolute Gasteiger partial charge is 0.485 e. The Labute approximate surface area is 177 Å². The third-order valence-corrected chi connectivity index (χ3v) is 7.27. The van der Waals surface area contributed by atoms with Crippen molar-refractivity contribution < 1.29 is 22.7 Å². The number of carbonyl (C=O) groups is 1. The Balaban J connectivity index is 1.56. The van der Waals surface area contributed by atoms with Gasteiger partial charge in [-0.1, -0.05) is 24.3 Å². The van der Waals surface area contributed by atoms with Crippen molar-refractivity contribution in [2.24, 2.45) is 0 Å². The highest BCUT2D eigenvalue weighted by atomic mass is 32.2. The number of hydrogen-bond donors (Lipinski definition) is 0. The zero-order valence-corrected chi connectivity index (χ0v) is 18.0. The van der Waals surface area contributed by atoms with Gasteiger partial charge in [0.2, 0.25) is 6.10 Å². The smallest absolute Gasteiger partial charge is 0.267 e. The molecule has 1 amide bonds. The van der Waals surface area contributed by atoms with Crippen LogP contribution >= 0.6 is 0 Å². The number of carbonyl (C=O) groups excluding carboxylic acids is 1. The number of hydrogen-bond acceptors (Lipinski definition) is 6. The van der Waals surface area contributed by atoms with E-state index in [1.165, 1.54) is 0 Å². The summed E-state index contributed by atoms with van der Waals surface area (Å²) < 4.78 is 35.8. The molecule has 0 aromatic heterocycles. The number of anilines is 1. The summed E-state index contributed by atoms with van der Waals surface area (Å²) in [6.07, 6.45) is -0.363. The number of para-hydroxylation sites is 2. The fraction of sp³-hybridized carbons (Fsp3) is 0.409. The van der Waals surface area contributed by atoms with Crippen molar-refractivity contribution in [3.63, 3.8) is 0 Å². The summed E-state index contributed by atoms with van der Waals surface area (Å²) in [5, 5.41) is 0. The Hall–Kier alpha value is -2.74. The first-order valence-corrected chi connectivity index (χ1v) is 11.8. The molecule has 30 heavy (non-hydrogen) atoms. The maximum atomic E-state index is 13.4. The molecule has 2 aromatic carbocycles. The lowest BCUT2D eigenvalue weighted by Crippen LogP contribution is -2.50. The van der Waals surface area contributed by atoms with E-state index in [1.807, 2.05) is 55.4 Å². The van der Waals surface area contributed by atoms with Crippen LogP contribution < -0.4 is 14.4 Å². The lowest BCUT2D eigenvalue weighted by atomic mass is 10.1. The van der Waals surface area contributed by atoms with Crippen LogP contribution in [0.5, 0.6) is 11.5 Å². The summed E-state index contributed by atoms with van der Waals surface area (Å²) in [6, 6.07) is 14.8. The molecule has 7 nitrogen and oxygen atoms in total. The van der Waals surface area contributed by atoms with Crippen LogP contribution in [0.2, 0.25) is 0 Å². The van der Waals surface area contributed by atoms with Crippen molar-refractivity contribution in [2.75, 3.05) is 37.1 Å². The second kappa shape index (κ2) is 8.18. The van der Waals surface area contributed by atoms with E-state index >= 15 is 0 Å². The topological polar surface area (TPSA) is 76.2 Å². The van der Waals surface area contributed by atoms with Gasteiger partial charge in [0, 0.05) is 32.4 Å². The molecular formula is C22H26N2O5S. The third-order valence-electron chi connectivity index (χ3n) is 5.52. The van der Waals surface area contributed by atoms with Crippen LogP contribution in [-0.4, -0.2) is 63.6 Å². The quantitative estimate of drug-likeness (QED) is 0.723. The highest BCUT2D eigenvalue weighted by Crippen LogP contribution is 2.32. The van der Waals surface area contributed by atoms with E-state index in [4.69, 9.17) is 9.47 Å². The Kier molecular flexibility index (Phi) is 5.60. The number of ether oxygens (including phenoxy) is 2. The molecule has 0 N–H and O–H groups in total. The van der Waals surface area contributed by atoms with Gasteiger partial charge < -0.3 is 19.3 Å². The lowest BCUT2D eigenvalue weighted by Gasteiger charge is -2.34. The monoisotopic (exact) mass is 430 g/mol. The van der Waals surface area contributed by atoms with Crippen molar-refractivity contribution in [3.8, 4) is 11.5 Å². The molecule has 2 aliphatic heterocycles. The van der Waals surface area contributed by atoms with Gasteiger partial charge in [0.15, 0.2) is 21.3 Å². The Bertz CT molecular complexity index is 1020. The van der Waals surface area contributed by atoms with Gasteiger partial charge in [0.05, 0.1) is 11.5 Å². The predicted molar refractivity (Wildman–Crippen MR) is 115 cm³/mol. The van der Waals surface area contributed by atoms with Gasteiger partial charge in [-0.2, -0.15) is 0 Å². The van der Waals surface area contributed by atoms with Crippen LogP contribution in [0.1, 0.15) is 12.0 Å². The maximum absolute atomic E-state index is 13.4. The summed E-state index contributed by atoms with van der Waals surface area (Å²) in [7, 11) is 0.793. The zero-order valence-electron chi connectivity index (χ0n) is 17.2. The molecule has 1 saturated heterocycles. The predicted octanol–water partition coefficient (Wildman–Crippen LogP) is 2.11. The van der Waals surface area contributed by atoms with Gasteiger partial charge in [0.25, 0.3) is 5.91 Å². The minimum atomic E-state index is -3.14. The summed E-state index contributed by atoms with van der Waals surface area (Å²) in [4.78, 5) is 17.1. The van der Waals surface area contributed by atoms with E-state index in [-0.39, 0.29) is 30.1 Å². The number of fused-ring (bicyclic) bond motifs is 1. The molecule has 0 saturated carbocycles. The molecule has 2 heterocycles. The minimum absolute atomic E-state index is 0.0152. The number of sulfone groups is 1. The molecule has 8 heteroatoms. The molecule has 0 spiro atoms. The summed E-state index contributed by atoms with van der Waals surface area (Å²) in [5.74, 6) is 0.973. The highest BCUT2D eigenvalue weighted by molar-refractivity contribution is 7.91. The molecule has 0 radical (unpaired) electrons. The summed E-state index contributed by atoms with van der Waals surface area (Å²) in [5.41, 5.74) is 2.00. The van der Waals surface area contributed by atoms with Gasteiger partial charge in [0.1, 0.15) is 6.61 Å². The van der Waals surface area contributed by atoms with Crippen molar-refractivity contribution in [3.05, 3.63) is 54.1 Å². The van der Waals surface area contributed by atoms with Crippen molar-refractivity contribution in [1.29, 1.82) is 0 Å². The molecule has 1 fully saturated rings. The lowest BCUT2D eigenvalue weighted by molar-refractivity contribution is -0.143. The standard InChI is InChI=1S/C22H26N2O5S/c1-23(2)17-9-7-16(8-10-17)13-24(18-11-12-30(26,27)15-18)22(25)21-14-28-19-5-3-4-6-20(19)29-21/h3-10,18,21H,11-15H2,1-2H3/t18-,21+/m1/s1. The molecule has 2 aliphatic rings. The van der Waals surface area contributed by atoms with E-state index in [0.717, 1.165) is 11.3 Å². The maximum Gasteiger partial charge on any atom is 0.267 e. The molecule has 160 valence electrons. The average molecular weight is 431 g/mol. The van der Waals surface area contributed by atoms with Crippen molar-refractivity contribution in [1.82, 2.24) is 4.90 Å². The zero-order chi connectivity index (χ0) is 21.3. The minimum Gasteiger partial charge on any atom is -0.485 e. The van der Waals surface area contributed by atoms with Crippen LogP contribution in [0.3, 0.4) is 0 Å². The number of amides is 1. The van der Waals surface area contributed by atoms with E-state index in [2.05, 4.69) is 0 Å². The van der Waals surface area contributed by atoms with Gasteiger partial charge in [-0.25, -0.2) is 8.42 Å². The average Bonchev–Trinajstić information content (AvgIpc) is 3.11. The Morgan fingerprint density at radius 1 is 1.07 bits per heavy atom. The molecule has 0 aliphatic carbocycles. The van der Waals surface area contributed by atoms with Crippen LogP contribution in [0.15, 0.2) is 48.5 Å². The van der Waals surface area contributed by atoms with Crippen LogP contribution in [0.25, 0.3) is 0 Å². The van der Waals surface area contributed by atoms with Gasteiger partial charge >= 0.3 is 0 Å². The van der Waals surface area contributed by atoms with Gasteiger partial charge in [-0.15, -0.1) is 0 Å². The van der Waals surface area contributed by atoms with E-state index < -0.39 is 15.9 Å². The van der Waals surface area contributed by atoms with E-state index in [0.29, 0.717) is 24.5 Å². The fourth-order valence-corrected chi connectivity index (χ4v) is 5.56. The third kappa shape index (κ3) is 4.38. The van der Waals surface area contributed by atoms with E-state index in [1.54, 1.807) is 17.0 Å². The van der Waals surface area contributed by atoms with Crippen LogP contribution in [0.4, 0.5) is 5.69 Å². The van der Waals surface area contributed by atoms with Crippen LogP contribution in [0, 0.1) is 0 Å². The number of rotatable bonds is 5. The molecule has 4 rings (SSSR count).